The van der Waals surface area contributed by atoms with Crippen LogP contribution in [0.5, 0.6) is 5.88 Å². The molecule has 0 spiro atoms. The van der Waals surface area contributed by atoms with Crippen LogP contribution in [-0.4, -0.2) is 18.1 Å². The van der Waals surface area contributed by atoms with Gasteiger partial charge in [-0.05, 0) is 48.6 Å². The van der Waals surface area contributed by atoms with Crippen LogP contribution in [0, 0.1) is 29.0 Å². The number of nitriles is 1. The van der Waals surface area contributed by atoms with E-state index in [1.165, 1.54) is 11.6 Å². The lowest BCUT2D eigenvalue weighted by Gasteiger charge is -2.09. The third-order valence-corrected chi connectivity index (χ3v) is 4.90. The van der Waals surface area contributed by atoms with E-state index in [9.17, 15) is 4.39 Å². The zero-order valence-electron chi connectivity index (χ0n) is 13.7. The molecular weight excluding hydrogens is 317 g/mol. The standard InChI is InChI=1S/C20H18FN3O/c21-18-6-13(9-22)4-5-14(18)12-25-20-3-1-2-19(24-20)15-7-16-10-23-11-17(16)8-15/h1-7,16-17,23H,8,10-12H2. The van der Waals surface area contributed by atoms with Crippen LogP contribution in [-0.2, 0) is 6.61 Å². The van der Waals surface area contributed by atoms with Crippen molar-refractivity contribution in [1.29, 1.82) is 5.26 Å². The van der Waals surface area contributed by atoms with Crippen LogP contribution in [0.4, 0.5) is 4.39 Å². The molecule has 0 amide bonds. The smallest absolute Gasteiger partial charge is 0.214 e. The number of nitrogens with zero attached hydrogens (tertiary/aromatic N) is 2. The lowest BCUT2D eigenvalue weighted by molar-refractivity contribution is 0.288. The summed E-state index contributed by atoms with van der Waals surface area (Å²) < 4.78 is 19.6. The highest BCUT2D eigenvalue weighted by Crippen LogP contribution is 2.37. The molecule has 5 heteroatoms. The average molecular weight is 335 g/mol. The van der Waals surface area contributed by atoms with Gasteiger partial charge in [-0.3, -0.25) is 0 Å². The van der Waals surface area contributed by atoms with E-state index in [1.54, 1.807) is 18.2 Å². The number of aromatic nitrogens is 1. The SMILES string of the molecule is N#Cc1ccc(COc2cccc(C3=CC4CNCC4C3)n2)c(F)c1. The quantitative estimate of drug-likeness (QED) is 0.931. The molecule has 1 saturated heterocycles. The van der Waals surface area contributed by atoms with Crippen LogP contribution in [0.3, 0.4) is 0 Å². The van der Waals surface area contributed by atoms with Crippen molar-refractivity contribution in [3.05, 3.63) is 65.1 Å². The summed E-state index contributed by atoms with van der Waals surface area (Å²) in [6, 6.07) is 12.0. The van der Waals surface area contributed by atoms with E-state index in [4.69, 9.17) is 10.00 Å². The van der Waals surface area contributed by atoms with Crippen LogP contribution < -0.4 is 10.1 Å². The number of allylic oxidation sites excluding steroid dienone is 1. The zero-order chi connectivity index (χ0) is 17.2. The van der Waals surface area contributed by atoms with Crippen LogP contribution in [0.25, 0.3) is 5.57 Å². The maximum atomic E-state index is 13.9. The number of rotatable bonds is 4. The van der Waals surface area contributed by atoms with Gasteiger partial charge in [0.1, 0.15) is 12.4 Å². The monoisotopic (exact) mass is 335 g/mol. The van der Waals surface area contributed by atoms with E-state index >= 15 is 0 Å². The fourth-order valence-corrected chi connectivity index (χ4v) is 3.53. The number of nitrogens with one attached hydrogen (secondary N) is 1. The Morgan fingerprint density at radius 3 is 3.00 bits per heavy atom. The first kappa shape index (κ1) is 15.8. The first-order chi connectivity index (χ1) is 12.2. The molecule has 2 atom stereocenters. The van der Waals surface area contributed by atoms with Gasteiger partial charge in [0.05, 0.1) is 17.3 Å². The second kappa shape index (κ2) is 6.66. The van der Waals surface area contributed by atoms with Crippen molar-refractivity contribution in [2.75, 3.05) is 13.1 Å². The van der Waals surface area contributed by atoms with E-state index in [1.807, 2.05) is 18.2 Å². The second-order valence-electron chi connectivity index (χ2n) is 6.55. The Kier molecular flexibility index (Phi) is 4.21. The molecule has 2 heterocycles. The highest BCUT2D eigenvalue weighted by molar-refractivity contribution is 5.66. The molecule has 4 nitrogen and oxygen atoms in total. The summed E-state index contributed by atoms with van der Waals surface area (Å²) in [6.45, 7) is 2.20. The Hall–Kier alpha value is -2.71. The lowest BCUT2D eigenvalue weighted by Crippen LogP contribution is -2.09. The van der Waals surface area contributed by atoms with E-state index in [0.29, 0.717) is 28.8 Å². The highest BCUT2D eigenvalue weighted by atomic mass is 19.1. The molecule has 1 N–H and O–H groups in total. The number of benzene rings is 1. The summed E-state index contributed by atoms with van der Waals surface area (Å²) in [4.78, 5) is 4.57. The Labute approximate surface area is 146 Å². The number of pyridine rings is 1. The normalized spacial score (nSPS) is 21.5. The molecule has 0 radical (unpaired) electrons. The summed E-state index contributed by atoms with van der Waals surface area (Å²) >= 11 is 0. The third-order valence-electron chi connectivity index (χ3n) is 4.90. The average Bonchev–Trinajstić information content (AvgIpc) is 3.23. The van der Waals surface area contributed by atoms with Crippen LogP contribution in [0.1, 0.15) is 23.2 Å². The minimum absolute atomic E-state index is 0.0855. The summed E-state index contributed by atoms with van der Waals surface area (Å²) in [5.41, 5.74) is 2.92. The largest absolute Gasteiger partial charge is 0.473 e. The van der Waals surface area contributed by atoms with Gasteiger partial charge >= 0.3 is 0 Å². The van der Waals surface area contributed by atoms with E-state index in [0.717, 1.165) is 25.2 Å². The van der Waals surface area contributed by atoms with Crippen molar-refractivity contribution in [1.82, 2.24) is 10.3 Å². The second-order valence-corrected chi connectivity index (χ2v) is 6.55. The van der Waals surface area contributed by atoms with Gasteiger partial charge < -0.3 is 10.1 Å². The summed E-state index contributed by atoms with van der Waals surface area (Å²) in [5, 5.41) is 12.2. The van der Waals surface area contributed by atoms with Gasteiger partial charge in [0.15, 0.2) is 0 Å². The predicted octanol–water partition coefficient (Wildman–Crippen LogP) is 3.29. The maximum absolute atomic E-state index is 13.9. The minimum atomic E-state index is -0.436. The molecule has 1 fully saturated rings. The first-order valence-electron chi connectivity index (χ1n) is 8.43. The minimum Gasteiger partial charge on any atom is -0.473 e. The van der Waals surface area contributed by atoms with E-state index in [2.05, 4.69) is 16.4 Å². The molecule has 25 heavy (non-hydrogen) atoms. The molecule has 1 aromatic heterocycles. The van der Waals surface area contributed by atoms with Gasteiger partial charge in [-0.2, -0.15) is 5.26 Å². The Bertz CT molecular complexity index is 871. The fourth-order valence-electron chi connectivity index (χ4n) is 3.53. The van der Waals surface area contributed by atoms with Crippen molar-refractivity contribution in [3.63, 3.8) is 0 Å². The molecule has 0 bridgehead atoms. The fraction of sp³-hybridized carbons (Fsp3) is 0.300. The maximum Gasteiger partial charge on any atom is 0.214 e. The number of hydrogen-bond donors (Lipinski definition) is 1. The van der Waals surface area contributed by atoms with Crippen LogP contribution in [0.15, 0.2) is 42.5 Å². The molecule has 4 rings (SSSR count). The molecule has 126 valence electrons. The van der Waals surface area contributed by atoms with Crippen molar-refractivity contribution in [2.45, 2.75) is 13.0 Å². The Morgan fingerprint density at radius 1 is 1.28 bits per heavy atom. The number of halogens is 1. The van der Waals surface area contributed by atoms with Gasteiger partial charge in [-0.1, -0.05) is 18.2 Å². The molecule has 1 aromatic carbocycles. The van der Waals surface area contributed by atoms with Crippen molar-refractivity contribution in [3.8, 4) is 11.9 Å². The number of ether oxygens (including phenoxy) is 1. The molecule has 1 aliphatic heterocycles. The van der Waals surface area contributed by atoms with Gasteiger partial charge in [0.25, 0.3) is 0 Å². The van der Waals surface area contributed by atoms with Crippen molar-refractivity contribution in [2.24, 2.45) is 11.8 Å². The molecule has 0 saturated carbocycles. The molecule has 1 aliphatic carbocycles. The molecule has 2 aromatic rings. The van der Waals surface area contributed by atoms with Crippen molar-refractivity contribution < 1.29 is 9.13 Å². The first-order valence-corrected chi connectivity index (χ1v) is 8.43. The van der Waals surface area contributed by atoms with Crippen molar-refractivity contribution >= 4 is 5.57 Å². The van der Waals surface area contributed by atoms with Crippen LogP contribution >= 0.6 is 0 Å². The van der Waals surface area contributed by atoms with Gasteiger partial charge in [-0.15, -0.1) is 0 Å². The summed E-state index contributed by atoms with van der Waals surface area (Å²) in [5.74, 6) is 1.33. The topological polar surface area (TPSA) is 57.9 Å². The Morgan fingerprint density at radius 2 is 2.20 bits per heavy atom. The molecular formula is C20H18FN3O. The summed E-state index contributed by atoms with van der Waals surface area (Å²) in [6.07, 6.45) is 3.36. The Balaban J connectivity index is 1.46. The lowest BCUT2D eigenvalue weighted by atomic mass is 9.99. The third kappa shape index (κ3) is 3.26. The zero-order valence-corrected chi connectivity index (χ0v) is 13.7. The van der Waals surface area contributed by atoms with Gasteiger partial charge in [-0.25, -0.2) is 9.37 Å². The molecule has 2 unspecified atom stereocenters. The predicted molar refractivity (Wildman–Crippen MR) is 92.1 cm³/mol. The number of fused-ring (bicyclic) bond motifs is 1. The van der Waals surface area contributed by atoms with Crippen LogP contribution in [0.2, 0.25) is 0 Å². The highest BCUT2D eigenvalue weighted by Gasteiger charge is 2.32. The van der Waals surface area contributed by atoms with E-state index in [-0.39, 0.29) is 6.61 Å². The molecule has 2 aliphatic rings. The van der Waals surface area contributed by atoms with E-state index < -0.39 is 5.82 Å². The number of hydrogen-bond acceptors (Lipinski definition) is 4. The van der Waals surface area contributed by atoms with Gasteiger partial charge in [0, 0.05) is 18.2 Å². The summed E-state index contributed by atoms with van der Waals surface area (Å²) in [7, 11) is 0. The van der Waals surface area contributed by atoms with Gasteiger partial charge in [0.2, 0.25) is 5.88 Å².